The largest absolute Gasteiger partial charge is 0.349 e. The van der Waals surface area contributed by atoms with Crippen molar-refractivity contribution in [2.45, 2.75) is 39.3 Å². The van der Waals surface area contributed by atoms with Crippen LogP contribution in [0.4, 0.5) is 0 Å². The molecule has 1 aliphatic heterocycles. The van der Waals surface area contributed by atoms with Crippen LogP contribution in [0.5, 0.6) is 0 Å². The summed E-state index contributed by atoms with van der Waals surface area (Å²) < 4.78 is 0. The van der Waals surface area contributed by atoms with E-state index >= 15 is 0 Å². The quantitative estimate of drug-likeness (QED) is 0.547. The van der Waals surface area contributed by atoms with Crippen LogP contribution in [0.2, 0.25) is 0 Å². The normalized spacial score (nSPS) is 30.8. The van der Waals surface area contributed by atoms with Crippen molar-refractivity contribution in [3.8, 4) is 0 Å². The molecular weight excluding hydrogens is 228 g/mol. The topological polar surface area (TPSA) is 40.6 Å². The lowest BCUT2D eigenvalue weighted by atomic mass is 9.69. The molecule has 3 unspecified atom stereocenters. The minimum absolute atomic E-state index is 0.0780. The van der Waals surface area contributed by atoms with Gasteiger partial charge in [0.25, 0.3) is 0 Å². The molecule has 18 heavy (non-hydrogen) atoms. The maximum absolute atomic E-state index is 12.2. The number of carbonyl (C=O) groups excluding carboxylic acids is 2. The van der Waals surface area contributed by atoms with Gasteiger partial charge < -0.3 is 9.80 Å². The van der Waals surface area contributed by atoms with Gasteiger partial charge in [-0.3, -0.25) is 9.59 Å². The monoisotopic (exact) mass is 250 g/mol. The zero-order chi connectivity index (χ0) is 13.6. The predicted molar refractivity (Wildman–Crippen MR) is 69.8 cm³/mol. The second kappa shape index (κ2) is 4.41. The van der Waals surface area contributed by atoms with E-state index < -0.39 is 0 Å². The number of fused-ring (bicyclic) bond motifs is 1. The number of β-lactam (4-membered cyclic amide) rings is 1. The summed E-state index contributed by atoms with van der Waals surface area (Å²) in [5, 5.41) is 0. The van der Waals surface area contributed by atoms with Gasteiger partial charge >= 0.3 is 0 Å². The van der Waals surface area contributed by atoms with Gasteiger partial charge in [0.05, 0.1) is 17.9 Å². The summed E-state index contributed by atoms with van der Waals surface area (Å²) in [5.41, 5.74) is 1.22. The van der Waals surface area contributed by atoms with Gasteiger partial charge in [-0.25, -0.2) is 0 Å². The maximum atomic E-state index is 12.2. The number of carbonyl (C=O) groups is 2. The highest BCUT2D eigenvalue weighted by atomic mass is 16.2. The molecule has 1 heterocycles. The van der Waals surface area contributed by atoms with Crippen LogP contribution in [0.3, 0.4) is 0 Å². The number of rotatable bonds is 2. The smallest absolute Gasteiger partial charge is 0.229 e. The van der Waals surface area contributed by atoms with E-state index in [0.717, 1.165) is 6.42 Å². The number of hydrogen-bond donors (Lipinski definition) is 0. The maximum Gasteiger partial charge on any atom is 0.229 e. The molecule has 3 atom stereocenters. The molecule has 0 saturated carbocycles. The molecule has 2 amide bonds. The van der Waals surface area contributed by atoms with Crippen molar-refractivity contribution in [3.63, 3.8) is 0 Å². The molecule has 0 aromatic heterocycles. The van der Waals surface area contributed by atoms with Gasteiger partial charge in [-0.05, 0) is 27.2 Å². The molecule has 2 aliphatic rings. The van der Waals surface area contributed by atoms with Crippen LogP contribution >= 0.6 is 0 Å². The summed E-state index contributed by atoms with van der Waals surface area (Å²) in [6.45, 7) is 6.09. The summed E-state index contributed by atoms with van der Waals surface area (Å²) in [5.74, 6) is -0.0864. The lowest BCUT2D eigenvalue weighted by Gasteiger charge is -2.53. The SMILES string of the molecule is CC1=CC2C(C(=O)N2C(C)C)C(C(=O)N(C)C)C1. The molecule has 0 aromatic carbocycles. The number of hydrogen-bond acceptors (Lipinski definition) is 2. The average molecular weight is 250 g/mol. The lowest BCUT2D eigenvalue weighted by Crippen LogP contribution is -2.67. The van der Waals surface area contributed by atoms with E-state index in [1.807, 2.05) is 25.7 Å². The predicted octanol–water partition coefficient (Wildman–Crippen LogP) is 1.28. The van der Waals surface area contributed by atoms with Crippen molar-refractivity contribution in [1.29, 1.82) is 0 Å². The second-order valence-corrected chi connectivity index (χ2v) is 5.91. The third-order valence-corrected chi connectivity index (χ3v) is 3.97. The molecule has 2 rings (SSSR count). The van der Waals surface area contributed by atoms with Crippen LogP contribution < -0.4 is 0 Å². The van der Waals surface area contributed by atoms with Gasteiger partial charge in [0.1, 0.15) is 0 Å². The highest BCUT2D eigenvalue weighted by Gasteiger charge is 2.54. The van der Waals surface area contributed by atoms with Gasteiger partial charge in [0.15, 0.2) is 0 Å². The summed E-state index contributed by atoms with van der Waals surface area (Å²) in [4.78, 5) is 27.9. The molecule has 0 radical (unpaired) electrons. The number of nitrogens with zero attached hydrogens (tertiary/aromatic N) is 2. The van der Waals surface area contributed by atoms with Gasteiger partial charge in [-0.1, -0.05) is 11.6 Å². The number of amides is 2. The summed E-state index contributed by atoms with van der Waals surface area (Å²) in [6, 6.07) is 0.330. The average Bonchev–Trinajstić information content (AvgIpc) is 2.25. The van der Waals surface area contributed by atoms with Crippen LogP contribution in [0.15, 0.2) is 11.6 Å². The van der Waals surface area contributed by atoms with Crippen molar-refractivity contribution < 1.29 is 9.59 Å². The lowest BCUT2D eigenvalue weighted by molar-refractivity contribution is -0.166. The Morgan fingerprint density at radius 2 is 2.06 bits per heavy atom. The number of allylic oxidation sites excluding steroid dienone is 1. The summed E-state index contributed by atoms with van der Waals surface area (Å²) in [6.07, 6.45) is 2.88. The Labute approximate surface area is 109 Å². The first-order valence-corrected chi connectivity index (χ1v) is 6.55. The molecule has 1 saturated heterocycles. The van der Waals surface area contributed by atoms with E-state index in [9.17, 15) is 9.59 Å². The standard InChI is InChI=1S/C14H22N2O2/c1-8(2)16-11-7-9(3)6-10(12(11)14(16)18)13(17)15(4)5/h7-8,10-12H,6H2,1-5H3. The first-order chi connectivity index (χ1) is 8.34. The molecule has 0 bridgehead atoms. The molecular formula is C14H22N2O2. The van der Waals surface area contributed by atoms with Crippen LogP contribution in [0.25, 0.3) is 0 Å². The molecule has 1 aliphatic carbocycles. The van der Waals surface area contributed by atoms with E-state index in [0.29, 0.717) is 0 Å². The van der Waals surface area contributed by atoms with Crippen LogP contribution in [-0.4, -0.2) is 47.8 Å². The van der Waals surface area contributed by atoms with Crippen molar-refractivity contribution >= 4 is 11.8 Å². The second-order valence-electron chi connectivity index (χ2n) is 5.91. The van der Waals surface area contributed by atoms with E-state index in [2.05, 4.69) is 6.08 Å². The third-order valence-electron chi connectivity index (χ3n) is 3.97. The fraction of sp³-hybridized carbons (Fsp3) is 0.714. The Hall–Kier alpha value is -1.32. The van der Waals surface area contributed by atoms with Crippen molar-refractivity contribution in [1.82, 2.24) is 9.80 Å². The first-order valence-electron chi connectivity index (χ1n) is 6.55. The first kappa shape index (κ1) is 13.1. The molecule has 1 fully saturated rings. The van der Waals surface area contributed by atoms with Crippen LogP contribution in [0.1, 0.15) is 27.2 Å². The molecule has 4 nitrogen and oxygen atoms in total. The zero-order valence-corrected chi connectivity index (χ0v) is 11.8. The molecule has 0 spiro atoms. The van der Waals surface area contributed by atoms with Crippen LogP contribution in [0, 0.1) is 11.8 Å². The Kier molecular flexibility index (Phi) is 3.21. The zero-order valence-electron chi connectivity index (χ0n) is 11.8. The molecule has 100 valence electrons. The van der Waals surface area contributed by atoms with Crippen molar-refractivity contribution in [3.05, 3.63) is 11.6 Å². The number of likely N-dealkylation sites (tertiary alicyclic amines) is 1. The summed E-state index contributed by atoms with van der Waals surface area (Å²) in [7, 11) is 3.52. The highest BCUT2D eigenvalue weighted by Crippen LogP contribution is 2.42. The van der Waals surface area contributed by atoms with E-state index in [4.69, 9.17) is 0 Å². The minimum atomic E-state index is -0.169. The van der Waals surface area contributed by atoms with Crippen LogP contribution in [-0.2, 0) is 9.59 Å². The van der Waals surface area contributed by atoms with Gasteiger partial charge in [-0.2, -0.15) is 0 Å². The third kappa shape index (κ3) is 1.84. The van der Waals surface area contributed by atoms with E-state index in [1.165, 1.54) is 5.57 Å². The minimum Gasteiger partial charge on any atom is -0.349 e. The van der Waals surface area contributed by atoms with E-state index in [-0.39, 0.29) is 35.7 Å². The molecule has 0 N–H and O–H groups in total. The Morgan fingerprint density at radius 3 is 2.56 bits per heavy atom. The van der Waals surface area contributed by atoms with Gasteiger partial charge in [0.2, 0.25) is 11.8 Å². The summed E-state index contributed by atoms with van der Waals surface area (Å²) >= 11 is 0. The Bertz CT molecular complexity index is 412. The Balaban J connectivity index is 2.26. The van der Waals surface area contributed by atoms with Gasteiger partial charge in [-0.15, -0.1) is 0 Å². The van der Waals surface area contributed by atoms with Crippen molar-refractivity contribution in [2.24, 2.45) is 11.8 Å². The highest BCUT2D eigenvalue weighted by molar-refractivity contribution is 5.94. The fourth-order valence-electron chi connectivity index (χ4n) is 3.15. The Morgan fingerprint density at radius 1 is 1.44 bits per heavy atom. The fourth-order valence-corrected chi connectivity index (χ4v) is 3.15. The van der Waals surface area contributed by atoms with Crippen molar-refractivity contribution in [2.75, 3.05) is 14.1 Å². The van der Waals surface area contributed by atoms with Gasteiger partial charge in [0, 0.05) is 20.1 Å². The molecule has 0 aromatic rings. The molecule has 4 heteroatoms. The van der Waals surface area contributed by atoms with E-state index in [1.54, 1.807) is 19.0 Å².